The molecule has 0 atom stereocenters. The van der Waals surface area contributed by atoms with Gasteiger partial charge in [0.1, 0.15) is 0 Å². The first kappa shape index (κ1) is 15.9. The molecule has 0 radical (unpaired) electrons. The van der Waals surface area contributed by atoms with Gasteiger partial charge in [0, 0.05) is 19.2 Å². The van der Waals surface area contributed by atoms with Crippen molar-refractivity contribution in [1.29, 1.82) is 0 Å². The third kappa shape index (κ3) is 3.92. The maximum atomic E-state index is 12.1. The summed E-state index contributed by atoms with van der Waals surface area (Å²) in [6.07, 6.45) is 0.765. The number of anilines is 1. The highest BCUT2D eigenvalue weighted by Crippen LogP contribution is 2.25. The van der Waals surface area contributed by atoms with Crippen molar-refractivity contribution in [2.45, 2.75) is 20.3 Å². The number of nitrogens with zero attached hydrogens (tertiary/aromatic N) is 2. The highest BCUT2D eigenvalue weighted by atomic mass is 16.6. The number of urea groups is 1. The minimum atomic E-state index is -0.484. The number of rotatable bonds is 6. The lowest BCUT2D eigenvalue weighted by molar-refractivity contribution is -0.385. The van der Waals surface area contributed by atoms with Gasteiger partial charge in [-0.3, -0.25) is 10.1 Å². The molecule has 0 aliphatic carbocycles. The van der Waals surface area contributed by atoms with Crippen molar-refractivity contribution in [2.24, 2.45) is 0 Å². The van der Waals surface area contributed by atoms with E-state index in [1.165, 1.54) is 17.0 Å². The van der Waals surface area contributed by atoms with Crippen LogP contribution in [0, 0.1) is 17.0 Å². The van der Waals surface area contributed by atoms with E-state index >= 15 is 0 Å². The van der Waals surface area contributed by atoms with Gasteiger partial charge in [-0.05, 0) is 19.4 Å². The molecule has 0 saturated heterocycles. The van der Waals surface area contributed by atoms with E-state index in [-0.39, 0.29) is 24.9 Å². The molecule has 0 bridgehead atoms. The molecule has 1 rings (SSSR count). The fourth-order valence-electron chi connectivity index (χ4n) is 1.86. The van der Waals surface area contributed by atoms with E-state index in [4.69, 9.17) is 5.11 Å². The van der Waals surface area contributed by atoms with Crippen LogP contribution in [0.4, 0.5) is 16.2 Å². The van der Waals surface area contributed by atoms with Crippen LogP contribution >= 0.6 is 0 Å². The zero-order chi connectivity index (χ0) is 15.1. The van der Waals surface area contributed by atoms with Gasteiger partial charge in [-0.25, -0.2) is 4.79 Å². The molecular formula is C13H19N3O4. The summed E-state index contributed by atoms with van der Waals surface area (Å²) >= 11 is 0. The third-order valence-electron chi connectivity index (χ3n) is 2.89. The number of nitrogens with one attached hydrogen (secondary N) is 1. The molecule has 110 valence electrons. The molecule has 0 aromatic heterocycles. The van der Waals surface area contributed by atoms with Gasteiger partial charge < -0.3 is 15.3 Å². The lowest BCUT2D eigenvalue weighted by Crippen LogP contribution is -2.37. The summed E-state index contributed by atoms with van der Waals surface area (Å²) in [5.41, 5.74) is 0.779. The van der Waals surface area contributed by atoms with Crippen LogP contribution in [0.3, 0.4) is 0 Å². The molecule has 0 fully saturated rings. The topological polar surface area (TPSA) is 95.7 Å². The Kier molecular flexibility index (Phi) is 5.92. The normalized spacial score (nSPS) is 10.2. The number of aliphatic hydroxyl groups is 1. The van der Waals surface area contributed by atoms with Crippen LogP contribution in [0.1, 0.15) is 18.9 Å². The zero-order valence-electron chi connectivity index (χ0n) is 11.6. The minimum absolute atomic E-state index is 0.0352. The summed E-state index contributed by atoms with van der Waals surface area (Å²) in [4.78, 5) is 23.9. The van der Waals surface area contributed by atoms with Crippen LogP contribution in [0.25, 0.3) is 0 Å². The van der Waals surface area contributed by atoms with Crippen molar-refractivity contribution in [1.82, 2.24) is 4.90 Å². The molecule has 0 spiro atoms. The van der Waals surface area contributed by atoms with Gasteiger partial charge in [0.25, 0.3) is 5.69 Å². The molecule has 7 nitrogen and oxygen atoms in total. The van der Waals surface area contributed by atoms with Gasteiger partial charge in [-0.2, -0.15) is 0 Å². The van der Waals surface area contributed by atoms with Crippen molar-refractivity contribution >= 4 is 17.4 Å². The highest BCUT2D eigenvalue weighted by Gasteiger charge is 2.17. The molecule has 1 aromatic rings. The van der Waals surface area contributed by atoms with E-state index in [2.05, 4.69) is 5.32 Å². The molecule has 2 N–H and O–H groups in total. The van der Waals surface area contributed by atoms with Crippen LogP contribution in [0.2, 0.25) is 0 Å². The second-order valence-electron chi connectivity index (χ2n) is 4.35. The summed E-state index contributed by atoms with van der Waals surface area (Å²) in [5.74, 6) is 0. The number of nitro groups is 1. The Balaban J connectivity index is 2.89. The predicted octanol–water partition coefficient (Wildman–Crippen LogP) is 2.14. The maximum Gasteiger partial charge on any atom is 0.321 e. The number of nitro benzene ring substituents is 1. The predicted molar refractivity (Wildman–Crippen MR) is 75.8 cm³/mol. The molecular weight excluding hydrogens is 262 g/mol. The Labute approximate surface area is 117 Å². The summed E-state index contributed by atoms with van der Waals surface area (Å²) < 4.78 is 0. The Bertz CT molecular complexity index is 485. The number of carbonyl (C=O) groups excluding carboxylic acids is 1. The monoisotopic (exact) mass is 281 g/mol. The average molecular weight is 281 g/mol. The van der Waals surface area contributed by atoms with Crippen LogP contribution in [0.15, 0.2) is 18.2 Å². The second kappa shape index (κ2) is 7.44. The van der Waals surface area contributed by atoms with Crippen LogP contribution < -0.4 is 5.32 Å². The fraction of sp³-hybridized carbons (Fsp3) is 0.462. The molecule has 2 amide bonds. The third-order valence-corrected chi connectivity index (χ3v) is 2.89. The lowest BCUT2D eigenvalue weighted by atomic mass is 10.1. The van der Waals surface area contributed by atoms with Gasteiger partial charge in [-0.1, -0.05) is 13.0 Å². The lowest BCUT2D eigenvalue weighted by Gasteiger charge is -2.22. The first-order chi connectivity index (χ1) is 9.51. The first-order valence-electron chi connectivity index (χ1n) is 6.42. The van der Waals surface area contributed by atoms with E-state index in [1.54, 1.807) is 13.0 Å². The van der Waals surface area contributed by atoms with Crippen molar-refractivity contribution in [2.75, 3.05) is 25.0 Å². The van der Waals surface area contributed by atoms with Gasteiger partial charge in [0.15, 0.2) is 0 Å². The Morgan fingerprint density at radius 3 is 2.70 bits per heavy atom. The van der Waals surface area contributed by atoms with Crippen molar-refractivity contribution < 1.29 is 14.8 Å². The van der Waals surface area contributed by atoms with Crippen LogP contribution in [-0.4, -0.2) is 40.7 Å². The molecule has 0 unspecified atom stereocenters. The summed E-state index contributed by atoms with van der Waals surface area (Å²) in [5, 5.41) is 22.4. The molecule has 0 heterocycles. The number of amides is 2. The second-order valence-corrected chi connectivity index (χ2v) is 4.35. The number of aliphatic hydroxyl groups excluding tert-OH is 1. The molecule has 7 heteroatoms. The standard InChI is InChI=1S/C13H19N3O4/c1-3-7-15(8-9-17)13(18)14-11-5-4-6-12(10(11)2)16(19)20/h4-6,17H,3,7-9H2,1-2H3,(H,14,18). The van der Waals surface area contributed by atoms with Gasteiger partial charge in [-0.15, -0.1) is 0 Å². The van der Waals surface area contributed by atoms with E-state index in [0.29, 0.717) is 17.8 Å². The quantitative estimate of drug-likeness (QED) is 0.616. The molecule has 1 aromatic carbocycles. The summed E-state index contributed by atoms with van der Waals surface area (Å²) in [7, 11) is 0. The molecule has 20 heavy (non-hydrogen) atoms. The number of carbonyl (C=O) groups is 1. The number of hydrogen-bond acceptors (Lipinski definition) is 4. The SMILES string of the molecule is CCCN(CCO)C(=O)Nc1cccc([N+](=O)[O-])c1C. The van der Waals surface area contributed by atoms with Crippen LogP contribution in [0.5, 0.6) is 0 Å². The van der Waals surface area contributed by atoms with Crippen molar-refractivity contribution in [3.8, 4) is 0 Å². The zero-order valence-corrected chi connectivity index (χ0v) is 11.6. The van der Waals surface area contributed by atoms with Crippen molar-refractivity contribution in [3.63, 3.8) is 0 Å². The number of hydrogen-bond donors (Lipinski definition) is 2. The van der Waals surface area contributed by atoms with E-state index in [0.717, 1.165) is 6.42 Å². The smallest absolute Gasteiger partial charge is 0.321 e. The van der Waals surface area contributed by atoms with E-state index in [9.17, 15) is 14.9 Å². The fourth-order valence-corrected chi connectivity index (χ4v) is 1.86. The Hall–Kier alpha value is -2.15. The average Bonchev–Trinajstić information content (AvgIpc) is 2.40. The summed E-state index contributed by atoms with van der Waals surface area (Å²) in [6.45, 7) is 4.13. The minimum Gasteiger partial charge on any atom is -0.395 e. The van der Waals surface area contributed by atoms with Gasteiger partial charge >= 0.3 is 6.03 Å². The van der Waals surface area contributed by atoms with E-state index < -0.39 is 4.92 Å². The Morgan fingerprint density at radius 2 is 2.15 bits per heavy atom. The first-order valence-corrected chi connectivity index (χ1v) is 6.42. The largest absolute Gasteiger partial charge is 0.395 e. The van der Waals surface area contributed by atoms with Crippen LogP contribution in [-0.2, 0) is 0 Å². The van der Waals surface area contributed by atoms with Gasteiger partial charge in [0.05, 0.1) is 22.8 Å². The van der Waals surface area contributed by atoms with Gasteiger partial charge in [0.2, 0.25) is 0 Å². The number of benzene rings is 1. The summed E-state index contributed by atoms with van der Waals surface area (Å²) in [6, 6.07) is 4.16. The maximum absolute atomic E-state index is 12.1. The molecule has 0 aliphatic rings. The van der Waals surface area contributed by atoms with E-state index in [1.807, 2.05) is 6.92 Å². The highest BCUT2D eigenvalue weighted by molar-refractivity contribution is 5.90. The van der Waals surface area contributed by atoms with Crippen molar-refractivity contribution in [3.05, 3.63) is 33.9 Å². The molecule has 0 saturated carbocycles. The molecule has 0 aliphatic heterocycles. The Morgan fingerprint density at radius 1 is 1.45 bits per heavy atom.